The second-order valence-electron chi connectivity index (χ2n) is 13.6. The Hall–Kier alpha value is -1.42. The van der Waals surface area contributed by atoms with Crippen molar-refractivity contribution in [3.8, 4) is 0 Å². The third-order valence-electron chi connectivity index (χ3n) is 9.43. The van der Waals surface area contributed by atoms with E-state index in [1.165, 1.54) is 44.9 Å². The van der Waals surface area contributed by atoms with Gasteiger partial charge in [0.25, 0.3) is 0 Å². The number of carbonyl (C=O) groups excluding carboxylic acids is 3. The molecule has 1 aliphatic carbocycles. The van der Waals surface area contributed by atoms with Crippen molar-refractivity contribution in [1.29, 1.82) is 0 Å². The van der Waals surface area contributed by atoms with Crippen LogP contribution in [0.1, 0.15) is 155 Å². The Morgan fingerprint density at radius 1 is 0.702 bits per heavy atom. The summed E-state index contributed by atoms with van der Waals surface area (Å²) < 4.78 is 11.3. The van der Waals surface area contributed by atoms with E-state index in [0.717, 1.165) is 103 Å². The molecule has 0 saturated heterocycles. The van der Waals surface area contributed by atoms with Crippen LogP contribution in [0.15, 0.2) is 0 Å². The Balaban J connectivity index is 2.50. The molecule has 0 aliphatic heterocycles. The number of aliphatic hydroxyl groups is 1. The highest BCUT2D eigenvalue weighted by Gasteiger charge is 2.25. The van der Waals surface area contributed by atoms with Crippen molar-refractivity contribution in [2.45, 2.75) is 161 Å². The first-order chi connectivity index (χ1) is 22.9. The smallest absolute Gasteiger partial charge is 0.305 e. The van der Waals surface area contributed by atoms with Crippen LogP contribution in [-0.2, 0) is 23.9 Å². The molecule has 0 aromatic rings. The van der Waals surface area contributed by atoms with Gasteiger partial charge < -0.3 is 14.6 Å². The number of carbonyl (C=O) groups is 3. The molecule has 1 aliphatic rings. The van der Waals surface area contributed by atoms with Gasteiger partial charge in [-0.05, 0) is 64.5 Å². The van der Waals surface area contributed by atoms with Crippen LogP contribution in [-0.4, -0.2) is 91.3 Å². The van der Waals surface area contributed by atoms with Crippen LogP contribution >= 0.6 is 11.8 Å². The van der Waals surface area contributed by atoms with Gasteiger partial charge in [-0.1, -0.05) is 84.5 Å². The SMILES string of the molecule is CCCCCCCC(=O)OCC(CCCCN(CCO)CCN(CCCCCC(=O)NCl)C1CCC1)COC(=O)CCCCCCC. The minimum absolute atomic E-state index is 0.000931. The van der Waals surface area contributed by atoms with Crippen molar-refractivity contribution in [3.05, 3.63) is 0 Å². The van der Waals surface area contributed by atoms with Crippen molar-refractivity contribution in [2.24, 2.45) is 5.92 Å². The number of nitrogens with zero attached hydrogens (tertiary/aromatic N) is 2. The van der Waals surface area contributed by atoms with Gasteiger partial charge in [-0.3, -0.25) is 29.0 Å². The van der Waals surface area contributed by atoms with Gasteiger partial charge >= 0.3 is 11.9 Å². The number of hydrogen-bond donors (Lipinski definition) is 2. The highest BCUT2D eigenvalue weighted by atomic mass is 35.5. The van der Waals surface area contributed by atoms with E-state index in [9.17, 15) is 19.5 Å². The van der Waals surface area contributed by atoms with Crippen LogP contribution in [0.3, 0.4) is 0 Å². The Morgan fingerprint density at radius 3 is 1.79 bits per heavy atom. The maximum absolute atomic E-state index is 12.4. The lowest BCUT2D eigenvalue weighted by atomic mass is 9.91. The maximum atomic E-state index is 12.4. The first-order valence-electron chi connectivity index (χ1n) is 19.2. The molecule has 9 nitrogen and oxygen atoms in total. The molecule has 47 heavy (non-hydrogen) atoms. The molecule has 1 fully saturated rings. The molecule has 1 saturated carbocycles. The third-order valence-corrected chi connectivity index (χ3v) is 9.64. The molecule has 2 N–H and O–H groups in total. The van der Waals surface area contributed by atoms with Gasteiger partial charge in [0.05, 0.1) is 19.8 Å². The van der Waals surface area contributed by atoms with Gasteiger partial charge in [-0.15, -0.1) is 0 Å². The molecule has 1 rings (SSSR count). The molecule has 0 unspecified atom stereocenters. The lowest BCUT2D eigenvalue weighted by Crippen LogP contribution is -2.45. The average molecular weight is 688 g/mol. The maximum Gasteiger partial charge on any atom is 0.305 e. The Bertz CT molecular complexity index is 755. The van der Waals surface area contributed by atoms with Gasteiger partial charge in [0, 0.05) is 62.6 Å². The fourth-order valence-electron chi connectivity index (χ4n) is 6.09. The van der Waals surface area contributed by atoms with Gasteiger partial charge in [-0.25, -0.2) is 0 Å². The predicted molar refractivity (Wildman–Crippen MR) is 191 cm³/mol. The van der Waals surface area contributed by atoms with Crippen LogP contribution in [0.25, 0.3) is 0 Å². The van der Waals surface area contributed by atoms with Crippen LogP contribution in [0.4, 0.5) is 0 Å². The highest BCUT2D eigenvalue weighted by molar-refractivity contribution is 6.21. The number of esters is 2. The van der Waals surface area contributed by atoms with Crippen molar-refractivity contribution >= 4 is 29.6 Å². The number of unbranched alkanes of at least 4 members (excludes halogenated alkanes) is 11. The summed E-state index contributed by atoms with van der Waals surface area (Å²) in [7, 11) is 0. The first-order valence-corrected chi connectivity index (χ1v) is 19.6. The molecular weight excluding hydrogens is 618 g/mol. The zero-order valence-electron chi connectivity index (χ0n) is 30.1. The topological polar surface area (TPSA) is 108 Å². The number of amides is 1. The van der Waals surface area contributed by atoms with E-state index < -0.39 is 0 Å². The lowest BCUT2D eigenvalue weighted by Gasteiger charge is -2.39. The Labute approximate surface area is 292 Å². The molecule has 10 heteroatoms. The van der Waals surface area contributed by atoms with Crippen molar-refractivity contribution in [1.82, 2.24) is 14.6 Å². The van der Waals surface area contributed by atoms with Crippen LogP contribution in [0.2, 0.25) is 0 Å². The molecule has 1 amide bonds. The van der Waals surface area contributed by atoms with E-state index in [4.69, 9.17) is 21.3 Å². The summed E-state index contributed by atoms with van der Waals surface area (Å²) in [5.41, 5.74) is 0. The van der Waals surface area contributed by atoms with Gasteiger partial charge in [-0.2, -0.15) is 0 Å². The van der Waals surface area contributed by atoms with E-state index in [0.29, 0.717) is 45.1 Å². The predicted octanol–water partition coefficient (Wildman–Crippen LogP) is 7.56. The summed E-state index contributed by atoms with van der Waals surface area (Å²) in [5.74, 6) is -0.421. The zero-order valence-corrected chi connectivity index (χ0v) is 30.9. The molecule has 0 bridgehead atoms. The van der Waals surface area contributed by atoms with Crippen LogP contribution < -0.4 is 4.84 Å². The van der Waals surface area contributed by atoms with Crippen molar-refractivity contribution < 1.29 is 29.0 Å². The second-order valence-corrected chi connectivity index (χ2v) is 13.8. The number of hydrogen-bond acceptors (Lipinski definition) is 8. The summed E-state index contributed by atoms with van der Waals surface area (Å²) >= 11 is 5.38. The normalized spacial score (nSPS) is 13.3. The summed E-state index contributed by atoms with van der Waals surface area (Å²) in [4.78, 5) is 43.3. The number of nitrogens with one attached hydrogen (secondary N) is 1. The highest BCUT2D eigenvalue weighted by Crippen LogP contribution is 2.25. The largest absolute Gasteiger partial charge is 0.465 e. The first kappa shape index (κ1) is 43.6. The third kappa shape index (κ3) is 24.4. The Kier molecular flexibility index (Phi) is 28.4. The Morgan fingerprint density at radius 2 is 1.26 bits per heavy atom. The van der Waals surface area contributed by atoms with Crippen LogP contribution in [0.5, 0.6) is 0 Å². The quantitative estimate of drug-likeness (QED) is 0.0414. The average Bonchev–Trinajstić information content (AvgIpc) is 3.04. The summed E-state index contributed by atoms with van der Waals surface area (Å²) in [5, 5.41) is 9.74. The van der Waals surface area contributed by atoms with E-state index >= 15 is 0 Å². The minimum atomic E-state index is -0.153. The number of halogens is 1. The van der Waals surface area contributed by atoms with Crippen molar-refractivity contribution in [2.75, 3.05) is 52.5 Å². The molecule has 0 heterocycles. The zero-order chi connectivity index (χ0) is 34.4. The van der Waals surface area contributed by atoms with Gasteiger partial charge in [0.1, 0.15) is 0 Å². The minimum Gasteiger partial charge on any atom is -0.465 e. The lowest BCUT2D eigenvalue weighted by molar-refractivity contribution is -0.149. The van der Waals surface area contributed by atoms with Crippen LogP contribution in [0, 0.1) is 5.92 Å². The molecule has 276 valence electrons. The molecule has 0 aromatic heterocycles. The monoisotopic (exact) mass is 687 g/mol. The van der Waals surface area contributed by atoms with E-state index in [1.54, 1.807) is 0 Å². The van der Waals surface area contributed by atoms with Crippen molar-refractivity contribution in [3.63, 3.8) is 0 Å². The summed E-state index contributed by atoms with van der Waals surface area (Å²) in [6.07, 6.45) is 21.8. The van der Waals surface area contributed by atoms with E-state index in [2.05, 4.69) is 28.5 Å². The molecule has 0 atom stereocenters. The number of aliphatic hydroxyl groups excluding tert-OH is 1. The number of rotatable bonds is 33. The van der Waals surface area contributed by atoms with E-state index in [-0.39, 0.29) is 30.4 Å². The molecular formula is C37H70ClN3O6. The molecule has 0 spiro atoms. The van der Waals surface area contributed by atoms with Gasteiger partial charge in [0.15, 0.2) is 0 Å². The fraction of sp³-hybridized carbons (Fsp3) is 0.919. The molecule has 0 aromatic carbocycles. The molecule has 0 radical (unpaired) electrons. The fourth-order valence-corrected chi connectivity index (χ4v) is 6.19. The second kappa shape index (κ2) is 30.6. The summed E-state index contributed by atoms with van der Waals surface area (Å²) in [6, 6.07) is 0.649. The standard InChI is InChI=1S/C37H70ClN3O6/c1-3-5-7-9-13-23-36(44)46-31-33(32-47-37(45)24-14-10-8-6-4-2)19-15-17-25-40(29-30-42)27-28-41(34-20-18-21-34)26-16-11-12-22-35(43)39-38/h33-34,42H,3-32H2,1-2H3,(H,39,43). The number of ether oxygens (including phenoxy) is 2. The summed E-state index contributed by atoms with van der Waals surface area (Å²) in [6.45, 7) is 9.58. The van der Waals surface area contributed by atoms with Gasteiger partial charge in [0.2, 0.25) is 5.91 Å². The van der Waals surface area contributed by atoms with E-state index in [1.807, 2.05) is 0 Å².